The van der Waals surface area contributed by atoms with Crippen molar-refractivity contribution < 1.29 is 23.7 Å². The van der Waals surface area contributed by atoms with E-state index in [1.54, 1.807) is 0 Å². The normalized spacial score (nSPS) is 47.1. The van der Waals surface area contributed by atoms with Crippen molar-refractivity contribution in [3.8, 4) is 0 Å². The lowest BCUT2D eigenvalue weighted by Crippen LogP contribution is -2.75. The molecule has 0 amide bonds. The monoisotopic (exact) mass is 272 g/mol. The third kappa shape index (κ3) is 1.87. The van der Waals surface area contributed by atoms with Crippen LogP contribution in [0, 0.1) is 0 Å². The average Bonchev–Trinajstić information content (AvgIpc) is 2.56. The largest absolute Gasteiger partial charge is 0.369 e. The van der Waals surface area contributed by atoms with E-state index in [1.807, 2.05) is 0 Å². The van der Waals surface area contributed by atoms with Crippen LogP contribution in [0.15, 0.2) is 0 Å². The smallest absolute Gasteiger partial charge is 0.253 e. The van der Waals surface area contributed by atoms with Gasteiger partial charge in [-0.3, -0.25) is 0 Å². The first-order chi connectivity index (χ1) is 9.18. The first-order valence-corrected chi connectivity index (χ1v) is 7.38. The second-order valence-electron chi connectivity index (χ2n) is 5.70. The van der Waals surface area contributed by atoms with Crippen LogP contribution in [0.1, 0.15) is 39.5 Å². The van der Waals surface area contributed by atoms with Crippen LogP contribution in [-0.4, -0.2) is 50.2 Å². The van der Waals surface area contributed by atoms with Crippen LogP contribution in [0.4, 0.5) is 0 Å². The molecule has 0 spiro atoms. The summed E-state index contributed by atoms with van der Waals surface area (Å²) in [6.45, 7) is 7.05. The number of hydrogen-bond acceptors (Lipinski definition) is 5. The summed E-state index contributed by atoms with van der Waals surface area (Å²) in [4.78, 5) is 0. The van der Waals surface area contributed by atoms with Gasteiger partial charge in [0.25, 0.3) is 5.79 Å². The third-order valence-electron chi connectivity index (χ3n) is 4.44. The first kappa shape index (κ1) is 13.8. The quantitative estimate of drug-likeness (QED) is 0.767. The summed E-state index contributed by atoms with van der Waals surface area (Å²) in [5.41, 5.74) is -0.529. The molecule has 0 aromatic rings. The molecule has 0 N–H and O–H groups in total. The second kappa shape index (κ2) is 4.97. The maximum atomic E-state index is 6.15. The number of hydrogen-bond donors (Lipinski definition) is 0. The van der Waals surface area contributed by atoms with Crippen LogP contribution in [0.3, 0.4) is 0 Å². The van der Waals surface area contributed by atoms with Crippen molar-refractivity contribution in [2.75, 3.05) is 33.0 Å². The standard InChI is InChI=1S/C14H24O5/c1-3-5-12(2)14-13(6-4-7-15-12,16-8-10-18-14)17-9-11-19-14/h3-11H2,1-2H3. The minimum Gasteiger partial charge on any atom is -0.369 e. The van der Waals surface area contributed by atoms with Gasteiger partial charge in [-0.05, 0) is 19.8 Å². The lowest BCUT2D eigenvalue weighted by atomic mass is 9.81. The van der Waals surface area contributed by atoms with Gasteiger partial charge in [0, 0.05) is 13.0 Å². The van der Waals surface area contributed by atoms with Crippen molar-refractivity contribution >= 4 is 0 Å². The van der Waals surface area contributed by atoms with Crippen LogP contribution in [0.25, 0.3) is 0 Å². The maximum absolute atomic E-state index is 6.15. The predicted molar refractivity (Wildman–Crippen MR) is 67.8 cm³/mol. The molecule has 110 valence electrons. The summed E-state index contributed by atoms with van der Waals surface area (Å²) >= 11 is 0. The molecule has 0 aliphatic carbocycles. The molecule has 0 aromatic carbocycles. The molecule has 5 heteroatoms. The van der Waals surface area contributed by atoms with E-state index in [1.165, 1.54) is 0 Å². The van der Waals surface area contributed by atoms with Crippen molar-refractivity contribution in [3.63, 3.8) is 0 Å². The van der Waals surface area contributed by atoms with Crippen molar-refractivity contribution in [1.29, 1.82) is 0 Å². The zero-order valence-corrected chi connectivity index (χ0v) is 11.9. The Kier molecular flexibility index (Phi) is 3.60. The molecule has 19 heavy (non-hydrogen) atoms. The van der Waals surface area contributed by atoms with Crippen LogP contribution in [-0.2, 0) is 23.7 Å². The topological polar surface area (TPSA) is 46.2 Å². The summed E-state index contributed by atoms with van der Waals surface area (Å²) in [7, 11) is 0. The van der Waals surface area contributed by atoms with Crippen molar-refractivity contribution in [1.82, 2.24) is 0 Å². The predicted octanol–water partition coefficient (Wildman–Crippen LogP) is 1.84. The molecule has 3 saturated heterocycles. The highest BCUT2D eigenvalue weighted by atomic mass is 16.8. The molecule has 0 bridgehead atoms. The Hall–Kier alpha value is -0.200. The third-order valence-corrected chi connectivity index (χ3v) is 4.44. The highest BCUT2D eigenvalue weighted by molar-refractivity contribution is 5.07. The van der Waals surface area contributed by atoms with Crippen molar-refractivity contribution in [2.24, 2.45) is 0 Å². The summed E-state index contributed by atoms with van der Waals surface area (Å²) in [5.74, 6) is -1.73. The molecule has 3 fully saturated rings. The van der Waals surface area contributed by atoms with E-state index in [4.69, 9.17) is 23.7 Å². The molecule has 3 heterocycles. The summed E-state index contributed by atoms with van der Waals surface area (Å²) in [6.07, 6.45) is 3.52. The van der Waals surface area contributed by atoms with Gasteiger partial charge in [0.05, 0.1) is 26.4 Å². The molecule has 3 aliphatic heterocycles. The molecule has 0 saturated carbocycles. The molecule has 1 atom stereocenters. The Morgan fingerprint density at radius 3 is 2.11 bits per heavy atom. The fourth-order valence-electron chi connectivity index (χ4n) is 3.71. The van der Waals surface area contributed by atoms with Crippen LogP contribution in [0.5, 0.6) is 0 Å². The molecule has 3 rings (SSSR count). The Bertz CT molecular complexity index is 320. The van der Waals surface area contributed by atoms with Gasteiger partial charge < -0.3 is 23.7 Å². The molecule has 1 unspecified atom stereocenters. The van der Waals surface area contributed by atoms with Gasteiger partial charge in [-0.15, -0.1) is 0 Å². The van der Waals surface area contributed by atoms with E-state index in [-0.39, 0.29) is 0 Å². The lowest BCUT2D eigenvalue weighted by Gasteiger charge is -2.58. The van der Waals surface area contributed by atoms with Crippen LogP contribution in [0.2, 0.25) is 0 Å². The fourth-order valence-corrected chi connectivity index (χ4v) is 3.71. The number of rotatable bonds is 2. The van der Waals surface area contributed by atoms with E-state index in [9.17, 15) is 0 Å². The SMILES string of the molecule is CCCC1(C)OCCCC23OCCOC12OCCO3. The molecule has 5 nitrogen and oxygen atoms in total. The maximum Gasteiger partial charge on any atom is 0.253 e. The minimum atomic E-state index is -0.928. The first-order valence-electron chi connectivity index (χ1n) is 7.38. The zero-order chi connectivity index (χ0) is 13.4. The van der Waals surface area contributed by atoms with Gasteiger partial charge in [0.2, 0.25) is 5.79 Å². The summed E-state index contributed by atoms with van der Waals surface area (Å²) in [5, 5.41) is 0. The van der Waals surface area contributed by atoms with E-state index >= 15 is 0 Å². The van der Waals surface area contributed by atoms with Gasteiger partial charge in [0.1, 0.15) is 5.60 Å². The summed E-state index contributed by atoms with van der Waals surface area (Å²) < 4.78 is 30.4. The lowest BCUT2D eigenvalue weighted by molar-refractivity contribution is -0.495. The van der Waals surface area contributed by atoms with E-state index in [0.717, 1.165) is 25.7 Å². The van der Waals surface area contributed by atoms with Gasteiger partial charge in [0.15, 0.2) is 0 Å². The number of ether oxygens (including phenoxy) is 5. The minimum absolute atomic E-state index is 0.522. The van der Waals surface area contributed by atoms with Crippen LogP contribution < -0.4 is 0 Å². The zero-order valence-electron chi connectivity index (χ0n) is 11.9. The molecule has 0 aromatic heterocycles. The Morgan fingerprint density at radius 1 is 0.842 bits per heavy atom. The van der Waals surface area contributed by atoms with Gasteiger partial charge in [-0.2, -0.15) is 0 Å². The Morgan fingerprint density at radius 2 is 1.47 bits per heavy atom. The fraction of sp³-hybridized carbons (Fsp3) is 1.00. The van der Waals surface area contributed by atoms with Crippen molar-refractivity contribution in [2.45, 2.75) is 56.7 Å². The van der Waals surface area contributed by atoms with Crippen LogP contribution >= 0.6 is 0 Å². The Balaban J connectivity index is 2.05. The van der Waals surface area contributed by atoms with E-state index < -0.39 is 17.2 Å². The molecular formula is C14H24O5. The Labute approximate surface area is 114 Å². The second-order valence-corrected chi connectivity index (χ2v) is 5.70. The molecular weight excluding hydrogens is 248 g/mol. The molecule has 0 radical (unpaired) electrons. The summed E-state index contributed by atoms with van der Waals surface area (Å²) in [6, 6.07) is 0. The van der Waals surface area contributed by atoms with E-state index in [2.05, 4.69) is 13.8 Å². The molecule has 3 aliphatic rings. The van der Waals surface area contributed by atoms with E-state index in [0.29, 0.717) is 33.0 Å². The van der Waals surface area contributed by atoms with Crippen molar-refractivity contribution in [3.05, 3.63) is 0 Å². The van der Waals surface area contributed by atoms with Gasteiger partial charge >= 0.3 is 0 Å². The van der Waals surface area contributed by atoms with Gasteiger partial charge in [-0.25, -0.2) is 0 Å². The highest BCUT2D eigenvalue weighted by Crippen LogP contribution is 2.52. The average molecular weight is 272 g/mol. The highest BCUT2D eigenvalue weighted by Gasteiger charge is 2.70. The van der Waals surface area contributed by atoms with Gasteiger partial charge in [-0.1, -0.05) is 13.3 Å².